The molecule has 10 nitrogen and oxygen atoms in total. The summed E-state index contributed by atoms with van der Waals surface area (Å²) in [6.07, 6.45) is 0.252. The van der Waals surface area contributed by atoms with Crippen molar-refractivity contribution in [1.29, 1.82) is 0 Å². The van der Waals surface area contributed by atoms with Crippen LogP contribution in [0.3, 0.4) is 0 Å². The first-order valence-electron chi connectivity index (χ1n) is 11.3. The standard InChI is InChI=1S/C23H25F3N8O2S/c1-12-17(13-5-8-28-16(9-13)22(2,3)23(24,25)26)37-20(31-12)33-21(36)34-11-14(10-15(34)18(27)35)32-19-29-6-4-7-30-19/h4-9,14-15H,10-11H2,1-3H3,(H2,27,35)(H,29,30,32)(H,31,33,36)/t14-,15+/m1/s1. The lowest BCUT2D eigenvalue weighted by molar-refractivity contribution is -0.181. The molecule has 0 bridgehead atoms. The van der Waals surface area contributed by atoms with E-state index in [1.165, 1.54) is 17.2 Å². The molecule has 0 saturated carbocycles. The second-order valence-corrected chi connectivity index (χ2v) is 10.1. The van der Waals surface area contributed by atoms with Gasteiger partial charge in [-0.3, -0.25) is 15.1 Å². The fourth-order valence-electron chi connectivity index (χ4n) is 3.93. The highest BCUT2D eigenvalue weighted by Gasteiger charge is 2.49. The molecule has 14 heteroatoms. The number of aryl methyl sites for hydroxylation is 1. The maximum absolute atomic E-state index is 13.5. The van der Waals surface area contributed by atoms with E-state index in [0.717, 1.165) is 25.2 Å². The van der Waals surface area contributed by atoms with Crippen molar-refractivity contribution in [2.75, 3.05) is 17.2 Å². The van der Waals surface area contributed by atoms with Crippen molar-refractivity contribution < 1.29 is 22.8 Å². The lowest BCUT2D eigenvalue weighted by Gasteiger charge is -2.27. The summed E-state index contributed by atoms with van der Waals surface area (Å²) in [6, 6.07) is 2.91. The number of urea groups is 1. The van der Waals surface area contributed by atoms with Crippen molar-refractivity contribution in [3.63, 3.8) is 0 Å². The average Bonchev–Trinajstić information content (AvgIpc) is 3.42. The van der Waals surface area contributed by atoms with Crippen LogP contribution in [0.15, 0.2) is 36.8 Å². The zero-order valence-electron chi connectivity index (χ0n) is 20.2. The first-order valence-corrected chi connectivity index (χ1v) is 12.1. The lowest BCUT2D eigenvalue weighted by atomic mass is 9.87. The molecule has 0 aliphatic carbocycles. The minimum Gasteiger partial charge on any atom is -0.368 e. The van der Waals surface area contributed by atoms with Gasteiger partial charge in [0.05, 0.1) is 16.3 Å². The second-order valence-electron chi connectivity index (χ2n) is 9.14. The van der Waals surface area contributed by atoms with Crippen LogP contribution in [0, 0.1) is 6.92 Å². The number of rotatable bonds is 6. The van der Waals surface area contributed by atoms with Gasteiger partial charge in [0.25, 0.3) is 0 Å². The van der Waals surface area contributed by atoms with E-state index in [1.54, 1.807) is 31.5 Å². The van der Waals surface area contributed by atoms with Crippen LogP contribution in [0.2, 0.25) is 0 Å². The molecule has 1 saturated heterocycles. The number of carbonyl (C=O) groups is 2. The number of hydrogen-bond acceptors (Lipinski definition) is 8. The van der Waals surface area contributed by atoms with Crippen molar-refractivity contribution in [3.8, 4) is 10.4 Å². The maximum atomic E-state index is 13.5. The van der Waals surface area contributed by atoms with Gasteiger partial charge in [0.15, 0.2) is 5.13 Å². The number of primary amides is 1. The van der Waals surface area contributed by atoms with Gasteiger partial charge in [0, 0.05) is 31.2 Å². The summed E-state index contributed by atoms with van der Waals surface area (Å²) in [6.45, 7) is 4.01. The fourth-order valence-corrected chi connectivity index (χ4v) is 4.88. The Labute approximate surface area is 214 Å². The summed E-state index contributed by atoms with van der Waals surface area (Å²) in [5.41, 5.74) is 4.29. The maximum Gasteiger partial charge on any atom is 0.399 e. The number of nitrogens with one attached hydrogen (secondary N) is 2. The van der Waals surface area contributed by atoms with E-state index in [0.29, 0.717) is 22.1 Å². The van der Waals surface area contributed by atoms with Crippen molar-refractivity contribution in [2.45, 2.75) is 50.9 Å². The van der Waals surface area contributed by atoms with Gasteiger partial charge in [0.1, 0.15) is 11.5 Å². The highest BCUT2D eigenvalue weighted by Crippen LogP contribution is 2.41. The Morgan fingerprint density at radius 3 is 2.51 bits per heavy atom. The van der Waals surface area contributed by atoms with E-state index in [9.17, 15) is 22.8 Å². The second kappa shape index (κ2) is 9.92. The fraction of sp³-hybridized carbons (Fsp3) is 0.391. The Bertz CT molecular complexity index is 1300. The minimum atomic E-state index is -4.48. The third-order valence-electron chi connectivity index (χ3n) is 6.17. The van der Waals surface area contributed by atoms with Gasteiger partial charge in [-0.1, -0.05) is 11.3 Å². The summed E-state index contributed by atoms with van der Waals surface area (Å²) in [5.74, 6) is -0.287. The number of thiazole rings is 1. The number of alkyl halides is 3. The highest BCUT2D eigenvalue weighted by molar-refractivity contribution is 7.19. The van der Waals surface area contributed by atoms with Gasteiger partial charge in [-0.2, -0.15) is 13.2 Å². The van der Waals surface area contributed by atoms with E-state index in [4.69, 9.17) is 5.73 Å². The van der Waals surface area contributed by atoms with E-state index < -0.39 is 29.6 Å². The van der Waals surface area contributed by atoms with Gasteiger partial charge in [-0.25, -0.2) is 19.7 Å². The molecule has 4 N–H and O–H groups in total. The summed E-state index contributed by atoms with van der Waals surface area (Å²) >= 11 is 1.11. The molecule has 3 amide bonds. The first kappa shape index (κ1) is 26.3. The SMILES string of the molecule is Cc1nc(NC(=O)N2C[C@H](Nc3ncccn3)C[C@H]2C(N)=O)sc1-c1ccnc(C(C)(C)C(F)(F)F)c1. The van der Waals surface area contributed by atoms with Crippen molar-refractivity contribution >= 4 is 34.4 Å². The molecule has 196 valence electrons. The topological polar surface area (TPSA) is 139 Å². The van der Waals surface area contributed by atoms with Crippen molar-refractivity contribution in [3.05, 3.63) is 48.2 Å². The van der Waals surface area contributed by atoms with Gasteiger partial charge in [-0.15, -0.1) is 0 Å². The molecule has 1 aliphatic rings. The summed E-state index contributed by atoms with van der Waals surface area (Å²) in [4.78, 5) is 43.5. The van der Waals surface area contributed by atoms with E-state index in [1.807, 2.05) is 0 Å². The lowest BCUT2D eigenvalue weighted by Crippen LogP contribution is -2.45. The summed E-state index contributed by atoms with van der Waals surface area (Å²) < 4.78 is 40.6. The molecule has 0 aromatic carbocycles. The van der Waals surface area contributed by atoms with Crippen LogP contribution in [0.1, 0.15) is 31.7 Å². The quantitative estimate of drug-likeness (QED) is 0.438. The Kier molecular flexibility index (Phi) is 7.04. The molecule has 37 heavy (non-hydrogen) atoms. The Morgan fingerprint density at radius 1 is 1.16 bits per heavy atom. The molecule has 1 fully saturated rings. The van der Waals surface area contributed by atoms with Crippen molar-refractivity contribution in [1.82, 2.24) is 24.8 Å². The molecule has 3 aromatic heterocycles. The number of nitrogens with two attached hydrogens (primary N) is 1. The number of amides is 3. The van der Waals surface area contributed by atoms with E-state index in [2.05, 4.69) is 30.6 Å². The zero-order valence-corrected chi connectivity index (χ0v) is 21.0. The highest BCUT2D eigenvalue weighted by atomic mass is 32.1. The number of likely N-dealkylation sites (tertiary alicyclic amines) is 1. The van der Waals surface area contributed by atoms with Gasteiger partial charge in [-0.05, 0) is 51.0 Å². The van der Waals surface area contributed by atoms with Crippen LogP contribution < -0.4 is 16.4 Å². The molecule has 0 spiro atoms. The van der Waals surface area contributed by atoms with Crippen LogP contribution in [-0.4, -0.2) is 61.6 Å². The van der Waals surface area contributed by atoms with E-state index in [-0.39, 0.29) is 29.8 Å². The van der Waals surface area contributed by atoms with Crippen LogP contribution in [0.4, 0.5) is 29.0 Å². The van der Waals surface area contributed by atoms with Gasteiger partial charge in [0.2, 0.25) is 11.9 Å². The normalized spacial score (nSPS) is 18.1. The van der Waals surface area contributed by atoms with E-state index >= 15 is 0 Å². The summed E-state index contributed by atoms with van der Waals surface area (Å²) in [5, 5.41) is 6.00. The predicted molar refractivity (Wildman–Crippen MR) is 132 cm³/mol. The molecule has 4 heterocycles. The Balaban J connectivity index is 1.51. The largest absolute Gasteiger partial charge is 0.399 e. The Morgan fingerprint density at radius 2 is 1.86 bits per heavy atom. The average molecular weight is 535 g/mol. The molecular weight excluding hydrogens is 509 g/mol. The number of carbonyl (C=O) groups excluding carboxylic acids is 2. The first-order chi connectivity index (χ1) is 17.4. The van der Waals surface area contributed by atoms with Crippen LogP contribution >= 0.6 is 11.3 Å². The van der Waals surface area contributed by atoms with Crippen LogP contribution in [0.5, 0.6) is 0 Å². The minimum absolute atomic E-state index is 0.127. The number of anilines is 2. The third-order valence-corrected chi connectivity index (χ3v) is 7.29. The predicted octanol–water partition coefficient (Wildman–Crippen LogP) is 3.72. The summed E-state index contributed by atoms with van der Waals surface area (Å²) in [7, 11) is 0. The third kappa shape index (κ3) is 5.48. The monoisotopic (exact) mass is 534 g/mol. The van der Waals surface area contributed by atoms with Crippen molar-refractivity contribution in [2.24, 2.45) is 5.73 Å². The smallest absolute Gasteiger partial charge is 0.368 e. The molecule has 3 aromatic rings. The molecule has 4 rings (SSSR count). The molecule has 0 unspecified atom stereocenters. The van der Waals surface area contributed by atoms with Crippen LogP contribution in [0.25, 0.3) is 10.4 Å². The number of hydrogen-bond donors (Lipinski definition) is 3. The van der Waals surface area contributed by atoms with Gasteiger partial charge < -0.3 is 16.0 Å². The molecule has 0 radical (unpaired) electrons. The van der Waals surface area contributed by atoms with Gasteiger partial charge >= 0.3 is 12.2 Å². The number of aromatic nitrogens is 4. The molecule has 1 aliphatic heterocycles. The number of pyridine rings is 1. The Hall–Kier alpha value is -3.81. The molecular formula is C23H25F3N8O2S. The number of nitrogens with zero attached hydrogens (tertiary/aromatic N) is 5. The van der Waals surface area contributed by atoms with Crippen LogP contribution in [-0.2, 0) is 10.2 Å². The number of halogens is 3. The zero-order chi connectivity index (χ0) is 27.0. The molecule has 2 atom stereocenters.